The van der Waals surface area contributed by atoms with E-state index in [1.54, 1.807) is 23.7 Å². The van der Waals surface area contributed by atoms with Crippen molar-refractivity contribution >= 4 is 61.9 Å². The standard InChI is InChI=1S/C18H14BrN3OS2/c1-21-13-5-3-4-6-14(13)24-17(21)15-16(23)22(2)18(25-15)20-12-9-7-11(19)8-10-12/h3-10H,1-2H3/b17-15-,20-18?. The van der Waals surface area contributed by atoms with Crippen LogP contribution in [0, 0.1) is 0 Å². The number of thioether (sulfide) groups is 2. The third kappa shape index (κ3) is 3.01. The number of benzene rings is 2. The summed E-state index contributed by atoms with van der Waals surface area (Å²) >= 11 is 6.48. The normalized spacial score (nSPS) is 21.4. The van der Waals surface area contributed by atoms with Gasteiger partial charge in [0.25, 0.3) is 5.91 Å². The van der Waals surface area contributed by atoms with Gasteiger partial charge in [-0.2, -0.15) is 0 Å². The summed E-state index contributed by atoms with van der Waals surface area (Å²) in [6, 6.07) is 15.9. The van der Waals surface area contributed by atoms with E-state index in [2.05, 4.69) is 38.0 Å². The number of rotatable bonds is 1. The molecule has 4 rings (SSSR count). The molecule has 25 heavy (non-hydrogen) atoms. The average Bonchev–Trinajstić information content (AvgIpc) is 3.09. The number of hydrogen-bond acceptors (Lipinski definition) is 5. The minimum atomic E-state index is -0.0111. The molecular weight excluding hydrogens is 418 g/mol. The number of amidine groups is 1. The van der Waals surface area contributed by atoms with Crippen molar-refractivity contribution in [3.8, 4) is 0 Å². The van der Waals surface area contributed by atoms with E-state index in [0.717, 1.165) is 25.8 Å². The van der Waals surface area contributed by atoms with Crippen LogP contribution in [0.4, 0.5) is 11.4 Å². The van der Waals surface area contributed by atoms with E-state index < -0.39 is 0 Å². The number of aliphatic imine (C=N–C) groups is 1. The Morgan fingerprint density at radius 3 is 2.40 bits per heavy atom. The van der Waals surface area contributed by atoms with Gasteiger partial charge in [0.05, 0.1) is 16.4 Å². The quantitative estimate of drug-likeness (QED) is 0.591. The second kappa shape index (κ2) is 6.55. The van der Waals surface area contributed by atoms with Crippen LogP contribution in [-0.2, 0) is 4.79 Å². The second-order valence-electron chi connectivity index (χ2n) is 5.60. The Morgan fingerprint density at radius 2 is 1.68 bits per heavy atom. The maximum Gasteiger partial charge on any atom is 0.269 e. The van der Waals surface area contributed by atoms with Gasteiger partial charge in [-0.1, -0.05) is 39.8 Å². The predicted molar refractivity (Wildman–Crippen MR) is 109 cm³/mol. The molecule has 1 saturated heterocycles. The molecule has 126 valence electrons. The number of likely N-dealkylation sites (N-methyl/N-ethyl adjacent to an activating group) is 1. The molecule has 0 atom stereocenters. The van der Waals surface area contributed by atoms with Crippen molar-refractivity contribution in [2.24, 2.45) is 4.99 Å². The number of hydrogen-bond donors (Lipinski definition) is 0. The highest BCUT2D eigenvalue weighted by molar-refractivity contribution is 9.10. The lowest BCUT2D eigenvalue weighted by Crippen LogP contribution is -2.24. The van der Waals surface area contributed by atoms with Crippen molar-refractivity contribution in [2.45, 2.75) is 4.90 Å². The highest BCUT2D eigenvalue weighted by Gasteiger charge is 2.37. The maximum absolute atomic E-state index is 12.8. The number of anilines is 1. The molecule has 0 aliphatic carbocycles. The maximum atomic E-state index is 12.8. The Bertz CT molecular complexity index is 924. The molecule has 4 nitrogen and oxygen atoms in total. The molecule has 0 spiro atoms. The lowest BCUT2D eigenvalue weighted by Gasteiger charge is -2.14. The van der Waals surface area contributed by atoms with Crippen LogP contribution in [0.5, 0.6) is 0 Å². The Morgan fingerprint density at radius 1 is 0.960 bits per heavy atom. The molecule has 1 amide bonds. The number of carbonyl (C=O) groups is 1. The van der Waals surface area contributed by atoms with E-state index in [9.17, 15) is 4.79 Å². The number of halogens is 1. The number of amides is 1. The van der Waals surface area contributed by atoms with Gasteiger partial charge in [0.1, 0.15) is 4.91 Å². The van der Waals surface area contributed by atoms with Gasteiger partial charge in [0.15, 0.2) is 5.17 Å². The van der Waals surface area contributed by atoms with Gasteiger partial charge in [-0.05, 0) is 48.2 Å². The zero-order valence-corrected chi connectivity index (χ0v) is 16.8. The number of para-hydroxylation sites is 1. The van der Waals surface area contributed by atoms with Crippen LogP contribution >= 0.6 is 39.5 Å². The van der Waals surface area contributed by atoms with Gasteiger partial charge in [0, 0.05) is 23.5 Å². The summed E-state index contributed by atoms with van der Waals surface area (Å²) < 4.78 is 1.00. The minimum absolute atomic E-state index is 0.0111. The van der Waals surface area contributed by atoms with Gasteiger partial charge < -0.3 is 4.90 Å². The summed E-state index contributed by atoms with van der Waals surface area (Å²) in [6.07, 6.45) is 0. The summed E-state index contributed by atoms with van der Waals surface area (Å²) in [5, 5.41) is 1.66. The molecule has 2 aromatic rings. The summed E-state index contributed by atoms with van der Waals surface area (Å²) in [5.74, 6) is -0.0111. The average molecular weight is 432 g/mol. The molecule has 0 bridgehead atoms. The fourth-order valence-electron chi connectivity index (χ4n) is 2.60. The third-order valence-electron chi connectivity index (χ3n) is 3.96. The summed E-state index contributed by atoms with van der Waals surface area (Å²) in [5.41, 5.74) is 1.96. The first-order valence-corrected chi connectivity index (χ1v) is 10.0. The van der Waals surface area contributed by atoms with Crippen LogP contribution in [0.15, 0.2) is 72.8 Å². The van der Waals surface area contributed by atoms with E-state index in [1.807, 2.05) is 43.4 Å². The van der Waals surface area contributed by atoms with Crippen LogP contribution in [0.1, 0.15) is 0 Å². The van der Waals surface area contributed by atoms with Gasteiger partial charge in [0.2, 0.25) is 0 Å². The molecule has 0 unspecified atom stereocenters. The smallest absolute Gasteiger partial charge is 0.269 e. The molecule has 7 heteroatoms. The van der Waals surface area contributed by atoms with Gasteiger partial charge in [-0.3, -0.25) is 9.69 Å². The molecule has 0 radical (unpaired) electrons. The molecule has 0 aromatic heterocycles. The summed E-state index contributed by atoms with van der Waals surface area (Å²) in [6.45, 7) is 0. The van der Waals surface area contributed by atoms with Crippen LogP contribution in [-0.4, -0.2) is 30.1 Å². The van der Waals surface area contributed by atoms with Crippen LogP contribution in [0.25, 0.3) is 0 Å². The Hall–Kier alpha value is -1.70. The topological polar surface area (TPSA) is 35.9 Å². The molecule has 0 N–H and O–H groups in total. The van der Waals surface area contributed by atoms with Gasteiger partial charge in [-0.25, -0.2) is 4.99 Å². The Balaban J connectivity index is 1.69. The van der Waals surface area contributed by atoms with Crippen molar-refractivity contribution in [3.63, 3.8) is 0 Å². The van der Waals surface area contributed by atoms with Crippen molar-refractivity contribution in [1.29, 1.82) is 0 Å². The predicted octanol–water partition coefficient (Wildman–Crippen LogP) is 5.05. The van der Waals surface area contributed by atoms with Gasteiger partial charge >= 0.3 is 0 Å². The van der Waals surface area contributed by atoms with Crippen molar-refractivity contribution in [3.05, 3.63) is 62.9 Å². The molecule has 2 aromatic carbocycles. The second-order valence-corrected chi connectivity index (χ2v) is 8.52. The monoisotopic (exact) mass is 431 g/mol. The van der Waals surface area contributed by atoms with Crippen LogP contribution in [0.2, 0.25) is 0 Å². The summed E-state index contributed by atoms with van der Waals surface area (Å²) in [7, 11) is 3.77. The first kappa shape index (κ1) is 16.8. The molecule has 2 aliphatic rings. The highest BCUT2D eigenvalue weighted by Crippen LogP contribution is 2.49. The Labute approximate surface area is 163 Å². The number of carbonyl (C=O) groups excluding carboxylic acids is 1. The van der Waals surface area contributed by atoms with Crippen molar-refractivity contribution < 1.29 is 4.79 Å². The van der Waals surface area contributed by atoms with E-state index in [0.29, 0.717) is 5.17 Å². The first-order chi connectivity index (χ1) is 12.0. The Kier molecular flexibility index (Phi) is 4.39. The zero-order chi connectivity index (χ0) is 17.6. The zero-order valence-electron chi connectivity index (χ0n) is 13.6. The number of nitrogens with zero attached hydrogens (tertiary/aromatic N) is 3. The van der Waals surface area contributed by atoms with Gasteiger partial charge in [-0.15, -0.1) is 0 Å². The fraction of sp³-hybridized carbons (Fsp3) is 0.111. The highest BCUT2D eigenvalue weighted by atomic mass is 79.9. The van der Waals surface area contributed by atoms with Crippen LogP contribution in [0.3, 0.4) is 0 Å². The van der Waals surface area contributed by atoms with Crippen LogP contribution < -0.4 is 4.90 Å². The van der Waals surface area contributed by atoms with Crippen molar-refractivity contribution in [1.82, 2.24) is 4.90 Å². The molecule has 2 heterocycles. The van der Waals surface area contributed by atoms with E-state index >= 15 is 0 Å². The number of fused-ring (bicyclic) bond motifs is 1. The molecule has 1 fully saturated rings. The fourth-order valence-corrected chi connectivity index (χ4v) is 5.20. The molecular formula is C18H14BrN3OS2. The third-order valence-corrected chi connectivity index (χ3v) is 6.98. The lowest BCUT2D eigenvalue weighted by atomic mass is 10.3. The SMILES string of the molecule is CN1C(=O)/C(=C2/Sc3ccccc3N2C)SC1=Nc1ccc(Br)cc1. The van der Waals surface area contributed by atoms with E-state index in [-0.39, 0.29) is 5.91 Å². The molecule has 2 aliphatic heterocycles. The van der Waals surface area contributed by atoms with E-state index in [1.165, 1.54) is 16.7 Å². The molecule has 0 saturated carbocycles. The minimum Gasteiger partial charge on any atom is -0.337 e. The van der Waals surface area contributed by atoms with E-state index in [4.69, 9.17) is 0 Å². The van der Waals surface area contributed by atoms with Crippen molar-refractivity contribution in [2.75, 3.05) is 19.0 Å². The summed E-state index contributed by atoms with van der Waals surface area (Å²) in [4.78, 5) is 23.0. The largest absolute Gasteiger partial charge is 0.337 e. The first-order valence-electron chi connectivity index (χ1n) is 7.59. The lowest BCUT2D eigenvalue weighted by molar-refractivity contribution is -0.121.